The summed E-state index contributed by atoms with van der Waals surface area (Å²) in [5.41, 5.74) is 1.60. The monoisotopic (exact) mass is 448 g/mol. The molecule has 4 heterocycles. The summed E-state index contributed by atoms with van der Waals surface area (Å²) in [5.74, 6) is 1.46. The van der Waals surface area contributed by atoms with E-state index in [2.05, 4.69) is 15.2 Å². The van der Waals surface area contributed by atoms with Crippen molar-refractivity contribution >= 4 is 15.9 Å². The SMILES string of the molecule is Cc1cc(C)n(CCC(=O)N2CC3(C2)CN(S(C)(=O)=O)CC3c2nc(C3CC3)no2)n1. The lowest BCUT2D eigenvalue weighted by Gasteiger charge is -2.50. The lowest BCUT2D eigenvalue weighted by atomic mass is 9.71. The van der Waals surface area contributed by atoms with E-state index in [-0.39, 0.29) is 17.2 Å². The highest BCUT2D eigenvalue weighted by atomic mass is 32.2. The quantitative estimate of drug-likeness (QED) is 0.648. The first-order chi connectivity index (χ1) is 14.6. The third kappa shape index (κ3) is 3.78. The van der Waals surface area contributed by atoms with Crippen molar-refractivity contribution in [2.45, 2.75) is 51.5 Å². The lowest BCUT2D eigenvalue weighted by Crippen LogP contribution is -2.61. The van der Waals surface area contributed by atoms with E-state index in [0.717, 1.165) is 30.1 Å². The average Bonchev–Trinajstić information content (AvgIpc) is 3.10. The van der Waals surface area contributed by atoms with Crippen LogP contribution in [0.3, 0.4) is 0 Å². The molecular formula is C20H28N6O4S. The van der Waals surface area contributed by atoms with Gasteiger partial charge >= 0.3 is 0 Å². The van der Waals surface area contributed by atoms with Crippen LogP contribution in [0.5, 0.6) is 0 Å². The van der Waals surface area contributed by atoms with Gasteiger partial charge in [-0.05, 0) is 32.8 Å². The van der Waals surface area contributed by atoms with Crippen LogP contribution in [-0.2, 0) is 21.4 Å². The largest absolute Gasteiger partial charge is 0.341 e. The van der Waals surface area contributed by atoms with E-state index in [1.54, 1.807) is 0 Å². The van der Waals surface area contributed by atoms with Crippen LogP contribution >= 0.6 is 0 Å². The molecule has 1 atom stereocenters. The van der Waals surface area contributed by atoms with E-state index in [9.17, 15) is 13.2 Å². The zero-order valence-electron chi connectivity index (χ0n) is 18.1. The van der Waals surface area contributed by atoms with Crippen LogP contribution in [-0.4, -0.2) is 75.9 Å². The molecule has 1 amide bonds. The Kier molecular flexibility index (Phi) is 4.74. The number of nitrogens with zero attached hydrogens (tertiary/aromatic N) is 6. The maximum absolute atomic E-state index is 12.8. The van der Waals surface area contributed by atoms with Crippen LogP contribution in [0.25, 0.3) is 0 Å². The van der Waals surface area contributed by atoms with Crippen molar-refractivity contribution in [2.75, 3.05) is 32.4 Å². The summed E-state index contributed by atoms with van der Waals surface area (Å²) in [7, 11) is -3.35. The number of aryl methyl sites for hydroxylation is 3. The Morgan fingerprint density at radius 3 is 2.61 bits per heavy atom. The van der Waals surface area contributed by atoms with Crippen LogP contribution in [0.1, 0.15) is 54.2 Å². The molecule has 0 N–H and O–H groups in total. The molecule has 1 unspecified atom stereocenters. The fraction of sp³-hybridized carbons (Fsp3) is 0.700. The smallest absolute Gasteiger partial charge is 0.231 e. The molecule has 2 aromatic rings. The number of carbonyl (C=O) groups is 1. The van der Waals surface area contributed by atoms with E-state index in [1.807, 2.05) is 29.5 Å². The predicted molar refractivity (Wildman–Crippen MR) is 111 cm³/mol. The standard InChI is InChI=1S/C20H28N6O4S/c1-13-8-14(2)26(22-13)7-6-17(27)24-10-20(11-24)12-25(31(3,28)29)9-16(20)19-21-18(23-30-19)15-4-5-15/h8,15-16H,4-7,9-12H2,1-3H3. The molecular weight excluding hydrogens is 420 g/mol. The molecule has 0 radical (unpaired) electrons. The Labute approximate surface area is 181 Å². The van der Waals surface area contributed by atoms with Gasteiger partial charge in [0.1, 0.15) is 0 Å². The van der Waals surface area contributed by atoms with Crippen LogP contribution in [0.15, 0.2) is 10.6 Å². The van der Waals surface area contributed by atoms with Gasteiger partial charge in [0, 0.05) is 56.2 Å². The van der Waals surface area contributed by atoms with Crippen LogP contribution < -0.4 is 0 Å². The molecule has 2 aliphatic heterocycles. The molecule has 5 rings (SSSR count). The third-order valence-electron chi connectivity index (χ3n) is 6.79. The van der Waals surface area contributed by atoms with Crippen LogP contribution in [0.4, 0.5) is 0 Å². The molecule has 2 aromatic heterocycles. The molecule has 1 aliphatic carbocycles. The first kappa shape index (κ1) is 20.6. The van der Waals surface area contributed by atoms with E-state index >= 15 is 0 Å². The average molecular weight is 449 g/mol. The molecule has 168 valence electrons. The summed E-state index contributed by atoms with van der Waals surface area (Å²) in [4.78, 5) is 19.2. The summed E-state index contributed by atoms with van der Waals surface area (Å²) in [5, 5.41) is 8.53. The summed E-state index contributed by atoms with van der Waals surface area (Å²) in [6, 6.07) is 1.99. The molecule has 3 fully saturated rings. The second-order valence-corrected chi connectivity index (χ2v) is 11.4. The van der Waals surface area contributed by atoms with E-state index in [0.29, 0.717) is 51.0 Å². The molecule has 0 bridgehead atoms. The molecule has 1 saturated carbocycles. The molecule has 3 aliphatic rings. The van der Waals surface area contributed by atoms with Gasteiger partial charge in [-0.25, -0.2) is 12.7 Å². The van der Waals surface area contributed by atoms with Gasteiger partial charge in [0.2, 0.25) is 21.8 Å². The van der Waals surface area contributed by atoms with Crippen molar-refractivity contribution < 1.29 is 17.7 Å². The van der Waals surface area contributed by atoms with Gasteiger partial charge < -0.3 is 9.42 Å². The second kappa shape index (κ2) is 7.13. The molecule has 31 heavy (non-hydrogen) atoms. The number of aromatic nitrogens is 4. The van der Waals surface area contributed by atoms with Crippen molar-refractivity contribution in [1.29, 1.82) is 0 Å². The Morgan fingerprint density at radius 2 is 2.00 bits per heavy atom. The van der Waals surface area contributed by atoms with Crippen LogP contribution in [0, 0.1) is 19.3 Å². The maximum atomic E-state index is 12.8. The normalized spacial score (nSPS) is 23.5. The van der Waals surface area contributed by atoms with Crippen molar-refractivity contribution in [3.05, 3.63) is 29.2 Å². The Hall–Kier alpha value is -2.27. The van der Waals surface area contributed by atoms with Crippen molar-refractivity contribution in [3.8, 4) is 0 Å². The topological polar surface area (TPSA) is 114 Å². The summed E-state index contributed by atoms with van der Waals surface area (Å²) < 4.78 is 33.4. The molecule has 0 aromatic carbocycles. The van der Waals surface area contributed by atoms with Gasteiger partial charge in [-0.3, -0.25) is 9.48 Å². The highest BCUT2D eigenvalue weighted by Gasteiger charge is 2.59. The lowest BCUT2D eigenvalue weighted by molar-refractivity contribution is -0.144. The highest BCUT2D eigenvalue weighted by Crippen LogP contribution is 2.50. The van der Waals surface area contributed by atoms with Gasteiger partial charge in [0.05, 0.1) is 17.9 Å². The Morgan fingerprint density at radius 1 is 1.26 bits per heavy atom. The number of hydrogen-bond acceptors (Lipinski definition) is 7. The van der Waals surface area contributed by atoms with Crippen LogP contribution in [0.2, 0.25) is 0 Å². The minimum Gasteiger partial charge on any atom is -0.341 e. The number of carbonyl (C=O) groups excluding carboxylic acids is 1. The van der Waals surface area contributed by atoms with Gasteiger partial charge in [-0.15, -0.1) is 0 Å². The van der Waals surface area contributed by atoms with E-state index < -0.39 is 10.0 Å². The number of sulfonamides is 1. The second-order valence-electron chi connectivity index (χ2n) is 9.39. The number of likely N-dealkylation sites (tertiary alicyclic amines) is 1. The van der Waals surface area contributed by atoms with Crippen molar-refractivity contribution in [2.24, 2.45) is 5.41 Å². The highest BCUT2D eigenvalue weighted by molar-refractivity contribution is 7.88. The molecule has 10 nitrogen and oxygen atoms in total. The minimum atomic E-state index is -3.35. The number of hydrogen-bond donors (Lipinski definition) is 0. The summed E-state index contributed by atoms with van der Waals surface area (Å²) in [6.45, 7) is 6.14. The van der Waals surface area contributed by atoms with Crippen molar-refractivity contribution in [3.63, 3.8) is 0 Å². The first-order valence-corrected chi connectivity index (χ1v) is 12.6. The Bertz CT molecular complexity index is 1110. The zero-order chi connectivity index (χ0) is 22.0. The molecule has 1 spiro atoms. The molecule has 11 heteroatoms. The fourth-order valence-corrected chi connectivity index (χ4v) is 5.80. The van der Waals surface area contributed by atoms with Crippen molar-refractivity contribution in [1.82, 2.24) is 29.1 Å². The summed E-state index contributed by atoms with van der Waals surface area (Å²) in [6.07, 6.45) is 3.73. The first-order valence-electron chi connectivity index (χ1n) is 10.7. The molecule has 2 saturated heterocycles. The third-order valence-corrected chi connectivity index (χ3v) is 8.00. The maximum Gasteiger partial charge on any atom is 0.231 e. The van der Waals surface area contributed by atoms with Gasteiger partial charge in [-0.1, -0.05) is 5.16 Å². The van der Waals surface area contributed by atoms with E-state index in [4.69, 9.17) is 4.52 Å². The number of rotatable bonds is 6. The zero-order valence-corrected chi connectivity index (χ0v) is 18.9. The predicted octanol–water partition coefficient (Wildman–Crippen LogP) is 1.04. The van der Waals surface area contributed by atoms with Gasteiger partial charge in [-0.2, -0.15) is 10.1 Å². The van der Waals surface area contributed by atoms with Gasteiger partial charge in [0.25, 0.3) is 0 Å². The van der Waals surface area contributed by atoms with Gasteiger partial charge in [0.15, 0.2) is 5.82 Å². The van der Waals surface area contributed by atoms with E-state index in [1.165, 1.54) is 10.6 Å². The minimum absolute atomic E-state index is 0.0546. The Balaban J connectivity index is 1.28. The summed E-state index contributed by atoms with van der Waals surface area (Å²) >= 11 is 0. The number of amides is 1. The fourth-order valence-electron chi connectivity index (χ4n) is 4.88.